The van der Waals surface area contributed by atoms with Crippen LogP contribution in [0.3, 0.4) is 0 Å². The summed E-state index contributed by atoms with van der Waals surface area (Å²) in [6.07, 6.45) is 0. The minimum atomic E-state index is -0.138. The second kappa shape index (κ2) is 7.70. The van der Waals surface area contributed by atoms with E-state index >= 15 is 0 Å². The van der Waals surface area contributed by atoms with E-state index in [4.69, 9.17) is 4.42 Å². The molecule has 0 saturated carbocycles. The standard InChI is InChI=1S/C23H21N5O2S/c1-13(2)28-21(19-12-15-8-4-7-11-18(15)30-19)26-27-23(28)31-14(3)20-24-17-10-6-5-9-16(17)22(29)25-20/h4-14H,1-3H3,(H,24,25,29)/t14-/m1/s1. The zero-order valence-corrected chi connectivity index (χ0v) is 18.2. The van der Waals surface area contributed by atoms with E-state index in [-0.39, 0.29) is 16.9 Å². The van der Waals surface area contributed by atoms with Crippen molar-refractivity contribution in [2.75, 3.05) is 0 Å². The van der Waals surface area contributed by atoms with Gasteiger partial charge >= 0.3 is 0 Å². The summed E-state index contributed by atoms with van der Waals surface area (Å²) in [7, 11) is 0. The van der Waals surface area contributed by atoms with E-state index in [1.807, 2.05) is 55.5 Å². The number of fused-ring (bicyclic) bond motifs is 2. The molecule has 5 aromatic rings. The van der Waals surface area contributed by atoms with Crippen LogP contribution in [-0.2, 0) is 0 Å². The van der Waals surface area contributed by atoms with E-state index in [1.165, 1.54) is 11.8 Å². The Morgan fingerprint density at radius 3 is 2.61 bits per heavy atom. The number of aromatic amines is 1. The molecule has 0 fully saturated rings. The maximum Gasteiger partial charge on any atom is 0.258 e. The molecule has 0 aliphatic heterocycles. The van der Waals surface area contributed by atoms with E-state index in [1.54, 1.807) is 6.07 Å². The zero-order chi connectivity index (χ0) is 21.5. The second-order valence-corrected chi connectivity index (χ2v) is 8.95. The fraction of sp³-hybridized carbons (Fsp3) is 0.217. The quantitative estimate of drug-likeness (QED) is 0.377. The van der Waals surface area contributed by atoms with Gasteiger partial charge in [-0.05, 0) is 45.0 Å². The molecule has 156 valence electrons. The number of para-hydroxylation sites is 2. The van der Waals surface area contributed by atoms with Gasteiger partial charge in [0.15, 0.2) is 10.9 Å². The van der Waals surface area contributed by atoms with Crippen molar-refractivity contribution in [2.45, 2.75) is 37.2 Å². The van der Waals surface area contributed by atoms with Crippen LogP contribution in [0.4, 0.5) is 0 Å². The van der Waals surface area contributed by atoms with Gasteiger partial charge in [-0.25, -0.2) is 4.98 Å². The molecule has 8 heteroatoms. The monoisotopic (exact) mass is 431 g/mol. The fourth-order valence-corrected chi connectivity index (χ4v) is 4.63. The van der Waals surface area contributed by atoms with Crippen LogP contribution in [0.25, 0.3) is 33.5 Å². The van der Waals surface area contributed by atoms with Crippen molar-refractivity contribution in [3.05, 3.63) is 70.8 Å². The predicted octanol–water partition coefficient (Wildman–Crippen LogP) is 5.36. The van der Waals surface area contributed by atoms with Crippen LogP contribution in [0.1, 0.15) is 37.9 Å². The molecular formula is C23H21N5O2S. The summed E-state index contributed by atoms with van der Waals surface area (Å²) in [5, 5.41) is 11.1. The highest BCUT2D eigenvalue weighted by molar-refractivity contribution is 7.99. The fourth-order valence-electron chi connectivity index (χ4n) is 3.59. The molecule has 3 aromatic heterocycles. The second-order valence-electron chi connectivity index (χ2n) is 7.65. The van der Waals surface area contributed by atoms with Crippen molar-refractivity contribution in [2.24, 2.45) is 0 Å². The Labute approximate surface area is 182 Å². The summed E-state index contributed by atoms with van der Waals surface area (Å²) in [5.41, 5.74) is 1.36. The Bertz CT molecular complexity index is 1420. The van der Waals surface area contributed by atoms with Gasteiger partial charge < -0.3 is 9.40 Å². The summed E-state index contributed by atoms with van der Waals surface area (Å²) in [4.78, 5) is 20.0. The molecule has 0 saturated heterocycles. The smallest absolute Gasteiger partial charge is 0.258 e. The summed E-state index contributed by atoms with van der Waals surface area (Å²) >= 11 is 1.51. The van der Waals surface area contributed by atoms with Gasteiger partial charge in [0, 0.05) is 11.4 Å². The van der Waals surface area contributed by atoms with Crippen molar-refractivity contribution >= 4 is 33.6 Å². The first-order chi connectivity index (χ1) is 15.0. The summed E-state index contributed by atoms with van der Waals surface area (Å²) < 4.78 is 8.07. The lowest BCUT2D eigenvalue weighted by Crippen LogP contribution is -2.13. The summed E-state index contributed by atoms with van der Waals surface area (Å²) in [6.45, 7) is 6.17. The number of hydrogen-bond donors (Lipinski definition) is 1. The van der Waals surface area contributed by atoms with Crippen molar-refractivity contribution < 1.29 is 4.42 Å². The Morgan fingerprint density at radius 1 is 1.03 bits per heavy atom. The Morgan fingerprint density at radius 2 is 1.81 bits per heavy atom. The number of thioether (sulfide) groups is 1. The van der Waals surface area contributed by atoms with Gasteiger partial charge in [0.1, 0.15) is 11.4 Å². The number of benzene rings is 2. The average Bonchev–Trinajstić information content (AvgIpc) is 3.37. The van der Waals surface area contributed by atoms with E-state index in [9.17, 15) is 4.79 Å². The number of H-pyrrole nitrogens is 1. The molecule has 1 N–H and O–H groups in total. The molecule has 0 amide bonds. The first-order valence-electron chi connectivity index (χ1n) is 10.1. The minimum Gasteiger partial charge on any atom is -0.453 e. The van der Waals surface area contributed by atoms with Crippen LogP contribution in [0.15, 0.2) is 69.0 Å². The molecule has 2 aromatic carbocycles. The number of nitrogens with one attached hydrogen (secondary N) is 1. The lowest BCUT2D eigenvalue weighted by Gasteiger charge is -2.15. The van der Waals surface area contributed by atoms with Gasteiger partial charge in [0.05, 0.1) is 16.2 Å². The predicted molar refractivity (Wildman–Crippen MR) is 122 cm³/mol. The van der Waals surface area contributed by atoms with Crippen LogP contribution in [0.2, 0.25) is 0 Å². The van der Waals surface area contributed by atoms with Crippen LogP contribution in [0.5, 0.6) is 0 Å². The molecule has 0 radical (unpaired) electrons. The van der Waals surface area contributed by atoms with Gasteiger partial charge in [-0.1, -0.05) is 42.1 Å². The molecule has 5 rings (SSSR count). The van der Waals surface area contributed by atoms with Gasteiger partial charge in [-0.15, -0.1) is 10.2 Å². The summed E-state index contributed by atoms with van der Waals surface area (Å²) in [6, 6.07) is 17.3. The molecule has 7 nitrogen and oxygen atoms in total. The molecule has 1 atom stereocenters. The van der Waals surface area contributed by atoms with E-state index in [0.717, 1.165) is 16.1 Å². The van der Waals surface area contributed by atoms with E-state index < -0.39 is 0 Å². The Hall–Kier alpha value is -3.39. The molecule has 0 bridgehead atoms. The highest BCUT2D eigenvalue weighted by Gasteiger charge is 2.23. The third-order valence-electron chi connectivity index (χ3n) is 5.13. The maximum absolute atomic E-state index is 12.5. The molecule has 0 unspecified atom stereocenters. The Kier molecular flexibility index (Phi) is 4.86. The highest BCUT2D eigenvalue weighted by Crippen LogP contribution is 2.36. The van der Waals surface area contributed by atoms with Gasteiger partial charge in [-0.2, -0.15) is 0 Å². The van der Waals surface area contributed by atoms with Crippen LogP contribution in [-0.4, -0.2) is 24.7 Å². The summed E-state index contributed by atoms with van der Waals surface area (Å²) in [5.74, 6) is 1.97. The van der Waals surface area contributed by atoms with E-state index in [0.29, 0.717) is 28.3 Å². The minimum absolute atomic E-state index is 0.122. The number of furan rings is 1. The maximum atomic E-state index is 12.5. The molecular weight excluding hydrogens is 410 g/mol. The van der Waals surface area contributed by atoms with Crippen LogP contribution in [0, 0.1) is 0 Å². The molecule has 0 aliphatic carbocycles. The SMILES string of the molecule is CC(C)n1c(S[C@H](C)c2nc3ccccc3c(=O)[nH]2)nnc1-c1cc2ccccc2o1. The van der Waals surface area contributed by atoms with Crippen molar-refractivity contribution in [3.63, 3.8) is 0 Å². The van der Waals surface area contributed by atoms with Gasteiger partial charge in [-0.3, -0.25) is 9.36 Å². The number of nitrogens with zero attached hydrogens (tertiary/aromatic N) is 4. The van der Waals surface area contributed by atoms with Gasteiger partial charge in [0.2, 0.25) is 5.82 Å². The normalized spacial score (nSPS) is 12.8. The average molecular weight is 432 g/mol. The Balaban J connectivity index is 1.51. The number of aromatic nitrogens is 5. The third-order valence-corrected chi connectivity index (χ3v) is 6.19. The van der Waals surface area contributed by atoms with Crippen molar-refractivity contribution in [1.82, 2.24) is 24.7 Å². The lowest BCUT2D eigenvalue weighted by atomic mass is 10.2. The highest BCUT2D eigenvalue weighted by atomic mass is 32.2. The first kappa shape index (κ1) is 19.6. The first-order valence-corrected chi connectivity index (χ1v) is 11.0. The van der Waals surface area contributed by atoms with Crippen LogP contribution >= 0.6 is 11.8 Å². The van der Waals surface area contributed by atoms with Crippen molar-refractivity contribution in [3.8, 4) is 11.6 Å². The molecule has 0 aliphatic rings. The topological polar surface area (TPSA) is 89.6 Å². The zero-order valence-electron chi connectivity index (χ0n) is 17.4. The van der Waals surface area contributed by atoms with E-state index in [2.05, 4.69) is 38.6 Å². The third kappa shape index (κ3) is 3.53. The number of hydrogen-bond acceptors (Lipinski definition) is 6. The van der Waals surface area contributed by atoms with Crippen LogP contribution < -0.4 is 5.56 Å². The lowest BCUT2D eigenvalue weighted by molar-refractivity contribution is 0.539. The largest absolute Gasteiger partial charge is 0.453 e. The molecule has 31 heavy (non-hydrogen) atoms. The van der Waals surface area contributed by atoms with Gasteiger partial charge in [0.25, 0.3) is 5.56 Å². The molecule has 0 spiro atoms. The van der Waals surface area contributed by atoms with Crippen molar-refractivity contribution in [1.29, 1.82) is 0 Å². The molecule has 3 heterocycles. The number of rotatable bonds is 5.